The monoisotopic (exact) mass is 291 g/mol. The van der Waals surface area contributed by atoms with Gasteiger partial charge in [0.1, 0.15) is 5.76 Å². The van der Waals surface area contributed by atoms with Crippen LogP contribution in [0.1, 0.15) is 31.7 Å². The van der Waals surface area contributed by atoms with Crippen molar-refractivity contribution in [2.45, 2.75) is 40.7 Å². The van der Waals surface area contributed by atoms with Crippen molar-refractivity contribution in [3.8, 4) is 0 Å². The average Bonchev–Trinajstić information content (AvgIpc) is 2.94. The molecule has 2 aromatic heterocycles. The van der Waals surface area contributed by atoms with Crippen LogP contribution in [-0.4, -0.2) is 20.8 Å². The number of nitrogens with one attached hydrogen (secondary N) is 2. The minimum Gasteiger partial charge on any atom is -0.428 e. The fraction of sp³-hybridized carbons (Fsp3) is 0.500. The number of carbonyl (C=O) groups excluding carboxylic acids is 1. The summed E-state index contributed by atoms with van der Waals surface area (Å²) in [6.07, 6.45) is 2.89. The number of aromatic nitrogens is 3. The highest BCUT2D eigenvalue weighted by molar-refractivity contribution is 5.97. The van der Waals surface area contributed by atoms with Crippen LogP contribution in [0.25, 0.3) is 0 Å². The molecule has 0 atom stereocenters. The summed E-state index contributed by atoms with van der Waals surface area (Å²) < 4.78 is 7.10. The van der Waals surface area contributed by atoms with E-state index in [9.17, 15) is 4.79 Å². The number of oxazole rings is 1. The van der Waals surface area contributed by atoms with Crippen molar-refractivity contribution in [1.82, 2.24) is 14.8 Å². The van der Waals surface area contributed by atoms with E-state index in [0.29, 0.717) is 17.5 Å². The highest BCUT2D eigenvalue weighted by Gasteiger charge is 2.10. The second-order valence-corrected chi connectivity index (χ2v) is 5.39. The Morgan fingerprint density at radius 2 is 2.14 bits per heavy atom. The maximum absolute atomic E-state index is 11.8. The number of hydrogen-bond acceptors (Lipinski definition) is 4. The quantitative estimate of drug-likeness (QED) is 0.886. The zero-order chi connectivity index (χ0) is 15.4. The van der Waals surface area contributed by atoms with Gasteiger partial charge in [-0.2, -0.15) is 10.1 Å². The number of rotatable bonds is 5. The van der Waals surface area contributed by atoms with E-state index in [1.807, 2.05) is 17.8 Å². The van der Waals surface area contributed by atoms with Gasteiger partial charge >= 0.3 is 12.0 Å². The van der Waals surface area contributed by atoms with Crippen LogP contribution in [-0.2, 0) is 6.54 Å². The lowest BCUT2D eigenvalue weighted by Crippen LogP contribution is -2.20. The maximum Gasteiger partial charge on any atom is 0.328 e. The van der Waals surface area contributed by atoms with Gasteiger partial charge in [0.15, 0.2) is 5.82 Å². The smallest absolute Gasteiger partial charge is 0.328 e. The Balaban J connectivity index is 1.87. The van der Waals surface area contributed by atoms with E-state index in [4.69, 9.17) is 4.42 Å². The van der Waals surface area contributed by atoms with Gasteiger partial charge in [0.25, 0.3) is 0 Å². The van der Waals surface area contributed by atoms with Crippen LogP contribution in [0.2, 0.25) is 0 Å². The maximum atomic E-state index is 11.8. The number of anilines is 2. The Bertz CT molecular complexity index is 595. The van der Waals surface area contributed by atoms with Crippen molar-refractivity contribution < 1.29 is 9.21 Å². The van der Waals surface area contributed by atoms with E-state index < -0.39 is 6.03 Å². The molecule has 0 aliphatic heterocycles. The molecule has 7 heteroatoms. The van der Waals surface area contributed by atoms with Crippen LogP contribution in [0.4, 0.5) is 16.6 Å². The normalized spacial score (nSPS) is 10.9. The van der Waals surface area contributed by atoms with E-state index in [1.54, 1.807) is 13.0 Å². The minimum absolute atomic E-state index is 0.182. The van der Waals surface area contributed by atoms with E-state index in [1.165, 1.54) is 0 Å². The van der Waals surface area contributed by atoms with Gasteiger partial charge in [0.05, 0.1) is 5.69 Å². The Kier molecular flexibility index (Phi) is 4.62. The molecule has 0 saturated carbocycles. The zero-order valence-corrected chi connectivity index (χ0v) is 12.8. The molecule has 21 heavy (non-hydrogen) atoms. The first-order valence-corrected chi connectivity index (χ1v) is 6.99. The molecule has 114 valence electrons. The molecule has 2 amide bonds. The summed E-state index contributed by atoms with van der Waals surface area (Å²) >= 11 is 0. The number of hydrogen-bond donors (Lipinski definition) is 2. The lowest BCUT2D eigenvalue weighted by Gasteiger charge is -2.04. The minimum atomic E-state index is -0.426. The van der Waals surface area contributed by atoms with E-state index in [0.717, 1.165) is 18.7 Å². The van der Waals surface area contributed by atoms with Crippen LogP contribution >= 0.6 is 0 Å². The first-order chi connectivity index (χ1) is 9.94. The first-order valence-electron chi connectivity index (χ1n) is 6.99. The lowest BCUT2D eigenvalue weighted by molar-refractivity contribution is 0.261. The van der Waals surface area contributed by atoms with Gasteiger partial charge in [0.2, 0.25) is 0 Å². The summed E-state index contributed by atoms with van der Waals surface area (Å²) in [5.74, 6) is 1.80. The van der Waals surface area contributed by atoms with Crippen molar-refractivity contribution in [3.05, 3.63) is 23.7 Å². The SMILES string of the molecule is Cc1nc(NC(=O)Nc2ccn(CCC(C)C)n2)oc1C. The van der Waals surface area contributed by atoms with E-state index >= 15 is 0 Å². The third kappa shape index (κ3) is 4.34. The van der Waals surface area contributed by atoms with Crippen LogP contribution in [0.5, 0.6) is 0 Å². The molecule has 0 aromatic carbocycles. The van der Waals surface area contributed by atoms with Crippen molar-refractivity contribution in [2.75, 3.05) is 10.6 Å². The number of carbonyl (C=O) groups is 1. The standard InChI is InChI=1S/C14H21N5O2/c1-9(2)5-7-19-8-6-12(18-19)16-13(20)17-14-15-10(3)11(4)21-14/h6,8-9H,5,7H2,1-4H3,(H2,15,16,17,18,20). The third-order valence-electron chi connectivity index (χ3n) is 3.07. The number of urea groups is 1. The molecule has 0 radical (unpaired) electrons. The van der Waals surface area contributed by atoms with Crippen molar-refractivity contribution in [1.29, 1.82) is 0 Å². The van der Waals surface area contributed by atoms with Gasteiger partial charge in [-0.1, -0.05) is 13.8 Å². The fourth-order valence-electron chi connectivity index (χ4n) is 1.71. The molecule has 0 aliphatic rings. The zero-order valence-electron chi connectivity index (χ0n) is 12.8. The molecule has 2 aromatic rings. The number of nitrogens with zero attached hydrogens (tertiary/aromatic N) is 3. The van der Waals surface area contributed by atoms with Gasteiger partial charge in [-0.05, 0) is 26.2 Å². The molecule has 2 N–H and O–H groups in total. The van der Waals surface area contributed by atoms with Crippen LogP contribution < -0.4 is 10.6 Å². The Morgan fingerprint density at radius 1 is 1.38 bits per heavy atom. The van der Waals surface area contributed by atoms with Gasteiger partial charge in [0, 0.05) is 18.8 Å². The highest BCUT2D eigenvalue weighted by atomic mass is 16.4. The van der Waals surface area contributed by atoms with E-state index in [-0.39, 0.29) is 6.01 Å². The van der Waals surface area contributed by atoms with Crippen molar-refractivity contribution in [3.63, 3.8) is 0 Å². The molecule has 0 bridgehead atoms. The summed E-state index contributed by atoms with van der Waals surface area (Å²) in [6.45, 7) is 8.77. The molecule has 7 nitrogen and oxygen atoms in total. The molecular weight excluding hydrogens is 270 g/mol. The summed E-state index contributed by atoms with van der Waals surface area (Å²) in [6, 6.07) is 1.51. The van der Waals surface area contributed by atoms with E-state index in [2.05, 4.69) is 34.6 Å². The predicted octanol–water partition coefficient (Wildman–Crippen LogP) is 3.18. The lowest BCUT2D eigenvalue weighted by atomic mass is 10.1. The molecule has 2 rings (SSSR count). The van der Waals surface area contributed by atoms with Crippen LogP contribution in [0.3, 0.4) is 0 Å². The molecule has 0 spiro atoms. The van der Waals surface area contributed by atoms with Crippen LogP contribution in [0, 0.1) is 19.8 Å². The highest BCUT2D eigenvalue weighted by Crippen LogP contribution is 2.13. The molecule has 0 fully saturated rings. The summed E-state index contributed by atoms with van der Waals surface area (Å²) in [5, 5.41) is 9.46. The molecular formula is C14H21N5O2. The summed E-state index contributed by atoms with van der Waals surface area (Å²) in [5.41, 5.74) is 0.753. The third-order valence-corrected chi connectivity index (χ3v) is 3.07. The number of aryl methyl sites for hydroxylation is 3. The van der Waals surface area contributed by atoms with Gasteiger partial charge in [-0.3, -0.25) is 15.3 Å². The fourth-order valence-corrected chi connectivity index (χ4v) is 1.71. The Labute approximate surface area is 123 Å². The summed E-state index contributed by atoms with van der Waals surface area (Å²) in [4.78, 5) is 15.9. The van der Waals surface area contributed by atoms with Crippen molar-refractivity contribution in [2.24, 2.45) is 5.92 Å². The largest absolute Gasteiger partial charge is 0.428 e. The Hall–Kier alpha value is -2.31. The Morgan fingerprint density at radius 3 is 2.76 bits per heavy atom. The topological polar surface area (TPSA) is 85.0 Å². The number of amides is 2. The molecule has 0 unspecified atom stereocenters. The summed E-state index contributed by atoms with van der Waals surface area (Å²) in [7, 11) is 0. The second-order valence-electron chi connectivity index (χ2n) is 5.39. The molecule has 0 saturated heterocycles. The van der Waals surface area contributed by atoms with Crippen molar-refractivity contribution >= 4 is 17.9 Å². The first kappa shape index (κ1) is 15.1. The van der Waals surface area contributed by atoms with Crippen LogP contribution in [0.15, 0.2) is 16.7 Å². The second kappa shape index (κ2) is 6.43. The van der Waals surface area contributed by atoms with Gasteiger partial charge in [-0.25, -0.2) is 4.79 Å². The average molecular weight is 291 g/mol. The molecule has 0 aliphatic carbocycles. The molecule has 2 heterocycles. The van der Waals surface area contributed by atoms with Gasteiger partial charge in [-0.15, -0.1) is 0 Å². The predicted molar refractivity (Wildman–Crippen MR) is 80.3 cm³/mol. The van der Waals surface area contributed by atoms with Gasteiger partial charge < -0.3 is 4.42 Å².